The van der Waals surface area contributed by atoms with Gasteiger partial charge in [-0.3, -0.25) is 9.59 Å². The fourth-order valence-corrected chi connectivity index (χ4v) is 2.26. The van der Waals surface area contributed by atoms with E-state index in [1.54, 1.807) is 0 Å². The normalized spacial score (nSPS) is 14.6. The third-order valence-corrected chi connectivity index (χ3v) is 3.86. The summed E-state index contributed by atoms with van der Waals surface area (Å²) in [5.74, 6) is -0.507. The fourth-order valence-electron chi connectivity index (χ4n) is 1.72. The molecule has 1 N–H and O–H groups in total. The van der Waals surface area contributed by atoms with Gasteiger partial charge >= 0.3 is 11.5 Å². The van der Waals surface area contributed by atoms with Crippen LogP contribution in [0.25, 0.3) is 6.08 Å². The van der Waals surface area contributed by atoms with Crippen molar-refractivity contribution >= 4 is 29.7 Å². The molecular formula is C16H16F3NO3S. The Balaban J connectivity index is 1.73. The second-order valence-electron chi connectivity index (χ2n) is 5.29. The summed E-state index contributed by atoms with van der Waals surface area (Å²) < 4.78 is 41.6. The Morgan fingerprint density at radius 2 is 1.92 bits per heavy atom. The number of rotatable bonds is 7. The Bertz CT molecular complexity index is 610. The maximum absolute atomic E-state index is 12.2. The third kappa shape index (κ3) is 7.54. The Hall–Kier alpha value is -1.96. The molecule has 8 heteroatoms. The molecular weight excluding hydrogens is 343 g/mol. The van der Waals surface area contributed by atoms with Crippen LogP contribution in [0.5, 0.6) is 0 Å². The monoisotopic (exact) mass is 359 g/mol. The van der Waals surface area contributed by atoms with Crippen molar-refractivity contribution < 1.29 is 27.5 Å². The van der Waals surface area contributed by atoms with Crippen LogP contribution in [0.15, 0.2) is 35.2 Å². The van der Waals surface area contributed by atoms with Crippen LogP contribution in [-0.2, 0) is 14.3 Å². The lowest BCUT2D eigenvalue weighted by atomic mass is 10.2. The van der Waals surface area contributed by atoms with Crippen LogP contribution < -0.4 is 5.32 Å². The van der Waals surface area contributed by atoms with Crippen LogP contribution in [0.1, 0.15) is 18.4 Å². The number of amides is 1. The third-order valence-electron chi connectivity index (χ3n) is 3.12. The number of esters is 1. The molecule has 1 amide bonds. The molecule has 1 aromatic carbocycles. The molecule has 130 valence electrons. The van der Waals surface area contributed by atoms with Gasteiger partial charge in [-0.15, -0.1) is 0 Å². The van der Waals surface area contributed by atoms with Gasteiger partial charge in [0.25, 0.3) is 0 Å². The second kappa shape index (κ2) is 8.23. The van der Waals surface area contributed by atoms with Gasteiger partial charge < -0.3 is 10.1 Å². The highest BCUT2D eigenvalue weighted by atomic mass is 32.2. The van der Waals surface area contributed by atoms with E-state index in [0.717, 1.165) is 12.8 Å². The number of hydrogen-bond donors (Lipinski definition) is 1. The Labute approximate surface area is 141 Å². The first-order valence-electron chi connectivity index (χ1n) is 7.29. The van der Waals surface area contributed by atoms with E-state index in [-0.39, 0.29) is 23.2 Å². The summed E-state index contributed by atoms with van der Waals surface area (Å²) in [4.78, 5) is 23.0. The van der Waals surface area contributed by atoms with Crippen LogP contribution in [0.4, 0.5) is 13.2 Å². The van der Waals surface area contributed by atoms with Crippen LogP contribution in [0.2, 0.25) is 0 Å². The van der Waals surface area contributed by atoms with Crippen molar-refractivity contribution in [2.24, 2.45) is 5.92 Å². The molecule has 0 radical (unpaired) electrons. The van der Waals surface area contributed by atoms with E-state index in [2.05, 4.69) is 5.32 Å². The SMILES string of the molecule is O=C(/C=C/c1ccc(SC(F)(F)F)cc1)NCC(=O)OCC1CC1. The summed E-state index contributed by atoms with van der Waals surface area (Å²) in [5, 5.41) is 2.39. The number of halogens is 3. The Kier molecular flexibility index (Phi) is 6.30. The Morgan fingerprint density at radius 3 is 2.50 bits per heavy atom. The molecule has 0 saturated heterocycles. The Morgan fingerprint density at radius 1 is 1.25 bits per heavy atom. The van der Waals surface area contributed by atoms with Crippen molar-refractivity contribution in [3.8, 4) is 0 Å². The van der Waals surface area contributed by atoms with Crippen LogP contribution in [0, 0.1) is 5.92 Å². The molecule has 1 aliphatic carbocycles. The molecule has 0 spiro atoms. The first kappa shape index (κ1) is 18.4. The average Bonchev–Trinajstić information content (AvgIpc) is 3.33. The molecule has 2 rings (SSSR count). The predicted molar refractivity (Wildman–Crippen MR) is 84.1 cm³/mol. The summed E-state index contributed by atoms with van der Waals surface area (Å²) in [5.41, 5.74) is -3.75. The lowest BCUT2D eigenvalue weighted by molar-refractivity contribution is -0.144. The van der Waals surface area contributed by atoms with Gasteiger partial charge in [-0.2, -0.15) is 13.2 Å². The molecule has 1 aliphatic rings. The molecule has 0 aromatic heterocycles. The number of ether oxygens (including phenoxy) is 1. The van der Waals surface area contributed by atoms with Gasteiger partial charge in [0.15, 0.2) is 0 Å². The minimum Gasteiger partial charge on any atom is -0.464 e. The summed E-state index contributed by atoms with van der Waals surface area (Å²) in [6.07, 6.45) is 4.80. The minimum absolute atomic E-state index is 0.0718. The van der Waals surface area contributed by atoms with Crippen molar-refractivity contribution in [1.29, 1.82) is 0 Å². The number of thioether (sulfide) groups is 1. The van der Waals surface area contributed by atoms with Crippen molar-refractivity contribution in [3.05, 3.63) is 35.9 Å². The van der Waals surface area contributed by atoms with E-state index in [1.807, 2.05) is 0 Å². The summed E-state index contributed by atoms with van der Waals surface area (Å²) in [6, 6.07) is 5.60. The molecule has 0 heterocycles. The highest BCUT2D eigenvalue weighted by Gasteiger charge is 2.28. The first-order chi connectivity index (χ1) is 11.3. The number of carbonyl (C=O) groups excluding carboxylic acids is 2. The van der Waals surface area contributed by atoms with Crippen molar-refractivity contribution in [3.63, 3.8) is 0 Å². The van der Waals surface area contributed by atoms with Crippen LogP contribution >= 0.6 is 11.8 Å². The van der Waals surface area contributed by atoms with Gasteiger partial charge in [-0.1, -0.05) is 12.1 Å². The van der Waals surface area contributed by atoms with Crippen molar-refractivity contribution in [1.82, 2.24) is 5.32 Å². The van der Waals surface area contributed by atoms with E-state index in [0.29, 0.717) is 18.1 Å². The highest BCUT2D eigenvalue weighted by Crippen LogP contribution is 2.36. The number of nitrogens with one attached hydrogen (secondary N) is 1. The maximum atomic E-state index is 12.2. The van der Waals surface area contributed by atoms with E-state index in [1.165, 1.54) is 36.4 Å². The van der Waals surface area contributed by atoms with Gasteiger partial charge in [0, 0.05) is 11.0 Å². The number of benzene rings is 1. The molecule has 0 bridgehead atoms. The zero-order valence-corrected chi connectivity index (χ0v) is 13.5. The number of alkyl halides is 3. The largest absolute Gasteiger partial charge is 0.464 e. The highest BCUT2D eigenvalue weighted by molar-refractivity contribution is 8.00. The summed E-state index contributed by atoms with van der Waals surface area (Å²) in [6.45, 7) is 0.184. The van der Waals surface area contributed by atoms with Gasteiger partial charge in [0.1, 0.15) is 6.54 Å². The quantitative estimate of drug-likeness (QED) is 0.461. The van der Waals surface area contributed by atoms with E-state index in [9.17, 15) is 22.8 Å². The maximum Gasteiger partial charge on any atom is 0.446 e. The molecule has 0 aliphatic heterocycles. The fraction of sp³-hybridized carbons (Fsp3) is 0.375. The van der Waals surface area contributed by atoms with Crippen LogP contribution in [0.3, 0.4) is 0 Å². The zero-order valence-electron chi connectivity index (χ0n) is 12.6. The molecule has 0 atom stereocenters. The van der Waals surface area contributed by atoms with Crippen molar-refractivity contribution in [2.75, 3.05) is 13.2 Å². The molecule has 1 aromatic rings. The zero-order chi connectivity index (χ0) is 17.6. The molecule has 1 fully saturated rings. The van der Waals surface area contributed by atoms with Gasteiger partial charge in [0.2, 0.25) is 5.91 Å². The van der Waals surface area contributed by atoms with Crippen molar-refractivity contribution in [2.45, 2.75) is 23.2 Å². The van der Waals surface area contributed by atoms with Crippen LogP contribution in [-0.4, -0.2) is 30.5 Å². The molecule has 1 saturated carbocycles. The van der Waals surface area contributed by atoms with E-state index in [4.69, 9.17) is 4.74 Å². The summed E-state index contributed by atoms with van der Waals surface area (Å²) in [7, 11) is 0. The predicted octanol–water partition coefficient (Wildman–Crippen LogP) is 3.38. The molecule has 24 heavy (non-hydrogen) atoms. The summed E-state index contributed by atoms with van der Waals surface area (Å²) >= 11 is -0.199. The molecule has 4 nitrogen and oxygen atoms in total. The number of carbonyl (C=O) groups is 2. The second-order valence-corrected chi connectivity index (χ2v) is 6.43. The average molecular weight is 359 g/mol. The standard InChI is InChI=1S/C16H16F3NO3S/c17-16(18,19)24-13-6-3-11(4-7-13)5-8-14(21)20-9-15(22)23-10-12-1-2-12/h3-8,12H,1-2,9-10H2,(H,20,21)/b8-5+. The number of hydrogen-bond acceptors (Lipinski definition) is 4. The van der Waals surface area contributed by atoms with Gasteiger partial charge in [-0.25, -0.2) is 0 Å². The minimum atomic E-state index is -4.33. The van der Waals surface area contributed by atoms with E-state index < -0.39 is 17.4 Å². The topological polar surface area (TPSA) is 55.4 Å². The molecule has 0 unspecified atom stereocenters. The lowest BCUT2D eigenvalue weighted by Crippen LogP contribution is -2.29. The van der Waals surface area contributed by atoms with Gasteiger partial charge in [0.05, 0.1) is 6.61 Å². The smallest absolute Gasteiger partial charge is 0.446 e. The lowest BCUT2D eigenvalue weighted by Gasteiger charge is -2.05. The first-order valence-corrected chi connectivity index (χ1v) is 8.11. The van der Waals surface area contributed by atoms with E-state index >= 15 is 0 Å². The van der Waals surface area contributed by atoms with Gasteiger partial charge in [-0.05, 0) is 54.3 Å².